The average Bonchev–Trinajstić information content (AvgIpc) is 3.06. The highest BCUT2D eigenvalue weighted by atomic mass is 16.5. The van der Waals surface area contributed by atoms with Crippen molar-refractivity contribution in [3.63, 3.8) is 0 Å². The number of fused-ring (bicyclic) bond motifs is 1. The topological polar surface area (TPSA) is 66.9 Å². The van der Waals surface area contributed by atoms with Crippen LogP contribution in [-0.4, -0.2) is 36.3 Å². The lowest BCUT2D eigenvalue weighted by atomic mass is 10.1. The molecule has 156 valence electrons. The zero-order valence-electron chi connectivity index (χ0n) is 17.2. The third kappa shape index (κ3) is 4.19. The Morgan fingerprint density at radius 1 is 0.839 bits per heavy atom. The first-order chi connectivity index (χ1) is 15.1. The number of ether oxygens (including phenoxy) is 1. The number of carbonyl (C=O) groups is 3. The predicted octanol–water partition coefficient (Wildman–Crippen LogP) is 3.91. The number of nitrogens with zero attached hydrogens (tertiary/aromatic N) is 2. The van der Waals surface area contributed by atoms with E-state index in [0.717, 1.165) is 16.2 Å². The van der Waals surface area contributed by atoms with Gasteiger partial charge >= 0.3 is 0 Å². The second kappa shape index (κ2) is 8.83. The lowest BCUT2D eigenvalue weighted by Gasteiger charge is -2.24. The largest absolute Gasteiger partial charge is 0.497 e. The summed E-state index contributed by atoms with van der Waals surface area (Å²) < 4.78 is 5.21. The summed E-state index contributed by atoms with van der Waals surface area (Å²) in [4.78, 5) is 41.2. The Morgan fingerprint density at radius 3 is 2.00 bits per heavy atom. The highest BCUT2D eigenvalue weighted by Crippen LogP contribution is 2.25. The van der Waals surface area contributed by atoms with Crippen LogP contribution in [0.2, 0.25) is 0 Å². The van der Waals surface area contributed by atoms with Crippen LogP contribution in [0.4, 0.5) is 5.69 Å². The highest BCUT2D eigenvalue weighted by molar-refractivity contribution is 6.21. The molecule has 0 aliphatic carbocycles. The standard InChI is InChI=1S/C25H22N2O4/c1-31-20-13-11-19(12-14-20)27(17-18-7-3-2-4-8-18)23(28)15-16-26-24(29)21-9-5-6-10-22(21)25(26)30/h2-14H,15-17H2,1H3. The molecule has 31 heavy (non-hydrogen) atoms. The first kappa shape index (κ1) is 20.3. The van der Waals surface area contributed by atoms with E-state index in [1.807, 2.05) is 42.5 Å². The Bertz CT molecular complexity index is 1070. The van der Waals surface area contributed by atoms with Crippen molar-refractivity contribution in [1.29, 1.82) is 0 Å². The maximum Gasteiger partial charge on any atom is 0.261 e. The molecular weight excluding hydrogens is 392 g/mol. The van der Waals surface area contributed by atoms with E-state index >= 15 is 0 Å². The van der Waals surface area contributed by atoms with Gasteiger partial charge in [-0.05, 0) is 42.0 Å². The Labute approximate surface area is 180 Å². The fraction of sp³-hybridized carbons (Fsp3) is 0.160. The van der Waals surface area contributed by atoms with Crippen LogP contribution in [0.5, 0.6) is 5.75 Å². The molecule has 3 amide bonds. The van der Waals surface area contributed by atoms with Crippen LogP contribution >= 0.6 is 0 Å². The van der Waals surface area contributed by atoms with E-state index in [9.17, 15) is 14.4 Å². The first-order valence-corrected chi connectivity index (χ1v) is 10.0. The van der Waals surface area contributed by atoms with Gasteiger partial charge in [0.05, 0.1) is 24.8 Å². The normalized spacial score (nSPS) is 12.6. The van der Waals surface area contributed by atoms with Crippen molar-refractivity contribution >= 4 is 23.4 Å². The first-order valence-electron chi connectivity index (χ1n) is 10.0. The van der Waals surface area contributed by atoms with Crippen molar-refractivity contribution in [2.75, 3.05) is 18.6 Å². The quantitative estimate of drug-likeness (QED) is 0.550. The van der Waals surface area contributed by atoms with E-state index in [1.165, 1.54) is 0 Å². The smallest absolute Gasteiger partial charge is 0.261 e. The summed E-state index contributed by atoms with van der Waals surface area (Å²) in [6.07, 6.45) is 0.0321. The van der Waals surface area contributed by atoms with Gasteiger partial charge in [0.2, 0.25) is 5.91 Å². The lowest BCUT2D eigenvalue weighted by molar-refractivity contribution is -0.118. The van der Waals surface area contributed by atoms with Crippen molar-refractivity contribution in [3.05, 3.63) is 95.6 Å². The molecule has 4 rings (SSSR count). The van der Waals surface area contributed by atoms with E-state index in [4.69, 9.17) is 4.74 Å². The number of hydrogen-bond donors (Lipinski definition) is 0. The summed E-state index contributed by atoms with van der Waals surface area (Å²) in [5, 5.41) is 0. The minimum Gasteiger partial charge on any atom is -0.497 e. The molecule has 0 atom stereocenters. The van der Waals surface area contributed by atoms with E-state index in [-0.39, 0.29) is 30.7 Å². The zero-order chi connectivity index (χ0) is 21.8. The van der Waals surface area contributed by atoms with Gasteiger partial charge in [-0.15, -0.1) is 0 Å². The second-order valence-corrected chi connectivity index (χ2v) is 7.22. The molecule has 0 unspecified atom stereocenters. The Kier molecular flexibility index (Phi) is 5.80. The van der Waals surface area contributed by atoms with Crippen LogP contribution in [0.15, 0.2) is 78.9 Å². The van der Waals surface area contributed by atoms with Gasteiger partial charge < -0.3 is 9.64 Å². The van der Waals surface area contributed by atoms with Gasteiger partial charge in [0.15, 0.2) is 0 Å². The number of amides is 3. The predicted molar refractivity (Wildman–Crippen MR) is 117 cm³/mol. The van der Waals surface area contributed by atoms with Gasteiger partial charge in [0.25, 0.3) is 11.8 Å². The molecule has 0 saturated heterocycles. The van der Waals surface area contributed by atoms with Crippen LogP contribution in [0.1, 0.15) is 32.7 Å². The molecule has 0 saturated carbocycles. The van der Waals surface area contributed by atoms with Crippen LogP contribution < -0.4 is 9.64 Å². The summed E-state index contributed by atoms with van der Waals surface area (Å²) in [7, 11) is 1.59. The maximum atomic E-state index is 13.2. The third-order valence-corrected chi connectivity index (χ3v) is 5.30. The summed E-state index contributed by atoms with van der Waals surface area (Å²) in [5.74, 6) is -0.188. The highest BCUT2D eigenvalue weighted by Gasteiger charge is 2.35. The molecule has 6 heteroatoms. The summed E-state index contributed by atoms with van der Waals surface area (Å²) in [5.41, 5.74) is 2.47. The Balaban J connectivity index is 1.52. The second-order valence-electron chi connectivity index (χ2n) is 7.22. The molecule has 3 aromatic carbocycles. The molecule has 0 radical (unpaired) electrons. The molecule has 6 nitrogen and oxygen atoms in total. The Morgan fingerprint density at radius 2 is 1.42 bits per heavy atom. The number of carbonyl (C=O) groups excluding carboxylic acids is 3. The van der Waals surface area contributed by atoms with Gasteiger partial charge in [-0.2, -0.15) is 0 Å². The molecule has 1 aliphatic heterocycles. The van der Waals surface area contributed by atoms with Gasteiger partial charge in [-0.25, -0.2) is 0 Å². The number of benzene rings is 3. The minimum absolute atomic E-state index is 0.0321. The van der Waals surface area contributed by atoms with Crippen LogP contribution in [0, 0.1) is 0 Å². The van der Waals surface area contributed by atoms with E-state index < -0.39 is 0 Å². The molecule has 0 N–H and O–H groups in total. The average molecular weight is 414 g/mol. The zero-order valence-corrected chi connectivity index (χ0v) is 17.2. The third-order valence-electron chi connectivity index (χ3n) is 5.30. The van der Waals surface area contributed by atoms with E-state index in [0.29, 0.717) is 23.4 Å². The van der Waals surface area contributed by atoms with Crippen molar-refractivity contribution in [3.8, 4) is 5.75 Å². The number of hydrogen-bond acceptors (Lipinski definition) is 4. The SMILES string of the molecule is COc1ccc(N(Cc2ccccc2)C(=O)CCN2C(=O)c3ccccc3C2=O)cc1. The monoisotopic (exact) mass is 414 g/mol. The minimum atomic E-state index is -0.354. The van der Waals surface area contributed by atoms with E-state index in [1.54, 1.807) is 48.4 Å². The molecule has 0 bridgehead atoms. The van der Waals surface area contributed by atoms with Crippen molar-refractivity contribution in [2.45, 2.75) is 13.0 Å². The molecule has 3 aromatic rings. The molecular formula is C25H22N2O4. The number of imide groups is 1. The van der Waals surface area contributed by atoms with Gasteiger partial charge in [0, 0.05) is 18.7 Å². The number of anilines is 1. The summed E-state index contributed by atoms with van der Waals surface area (Å²) in [6, 6.07) is 23.6. The van der Waals surface area contributed by atoms with E-state index in [2.05, 4.69) is 0 Å². The fourth-order valence-corrected chi connectivity index (χ4v) is 3.64. The molecule has 0 aromatic heterocycles. The fourth-order valence-electron chi connectivity index (χ4n) is 3.64. The van der Waals surface area contributed by atoms with Gasteiger partial charge in [-0.3, -0.25) is 19.3 Å². The lowest BCUT2D eigenvalue weighted by Crippen LogP contribution is -2.36. The number of methoxy groups -OCH3 is 1. The van der Waals surface area contributed by atoms with Crippen LogP contribution in [-0.2, 0) is 11.3 Å². The molecule has 0 spiro atoms. The van der Waals surface area contributed by atoms with Crippen LogP contribution in [0.25, 0.3) is 0 Å². The summed E-state index contributed by atoms with van der Waals surface area (Å²) >= 11 is 0. The molecule has 1 aliphatic rings. The van der Waals surface area contributed by atoms with Crippen molar-refractivity contribution in [1.82, 2.24) is 4.90 Å². The summed E-state index contributed by atoms with van der Waals surface area (Å²) in [6.45, 7) is 0.417. The molecule has 0 fully saturated rings. The van der Waals surface area contributed by atoms with Crippen molar-refractivity contribution in [2.24, 2.45) is 0 Å². The van der Waals surface area contributed by atoms with Crippen LogP contribution in [0.3, 0.4) is 0 Å². The van der Waals surface area contributed by atoms with Gasteiger partial charge in [0.1, 0.15) is 5.75 Å². The van der Waals surface area contributed by atoms with Crippen molar-refractivity contribution < 1.29 is 19.1 Å². The molecule has 1 heterocycles. The maximum absolute atomic E-state index is 13.2. The van der Waals surface area contributed by atoms with Gasteiger partial charge in [-0.1, -0.05) is 42.5 Å². The Hall–Kier alpha value is -3.93. The number of rotatable bonds is 7.